The van der Waals surface area contributed by atoms with Gasteiger partial charge in [-0.25, -0.2) is 0 Å². The van der Waals surface area contributed by atoms with Crippen molar-refractivity contribution in [2.24, 2.45) is 5.41 Å². The minimum atomic E-state index is 0.462. The molecule has 0 spiro atoms. The van der Waals surface area contributed by atoms with Gasteiger partial charge >= 0.3 is 0 Å². The normalized spacial score (nSPS) is 32.1. The molecule has 16 heavy (non-hydrogen) atoms. The molecule has 2 nitrogen and oxygen atoms in total. The van der Waals surface area contributed by atoms with Gasteiger partial charge in [-0.2, -0.15) is 0 Å². The van der Waals surface area contributed by atoms with Crippen LogP contribution in [0.1, 0.15) is 59.3 Å². The summed E-state index contributed by atoms with van der Waals surface area (Å²) in [6.45, 7) is 9.50. The van der Waals surface area contributed by atoms with E-state index in [1.165, 1.54) is 45.1 Å². The third-order valence-electron chi connectivity index (χ3n) is 5.00. The van der Waals surface area contributed by atoms with Crippen LogP contribution in [0.15, 0.2) is 0 Å². The average molecular weight is 224 g/mol. The van der Waals surface area contributed by atoms with Crippen LogP contribution in [-0.4, -0.2) is 24.7 Å². The lowest BCUT2D eigenvalue weighted by Crippen LogP contribution is -2.58. The molecular formula is C14H28N2. The zero-order valence-electron chi connectivity index (χ0n) is 11.2. The molecule has 1 atom stereocenters. The first-order valence-corrected chi connectivity index (χ1v) is 7.06. The quantitative estimate of drug-likeness (QED) is 0.767. The van der Waals surface area contributed by atoms with Gasteiger partial charge in [0.1, 0.15) is 0 Å². The van der Waals surface area contributed by atoms with Gasteiger partial charge in [-0.3, -0.25) is 0 Å². The molecule has 2 aliphatic rings. The number of hydrogen-bond donors (Lipinski definition) is 2. The lowest BCUT2D eigenvalue weighted by atomic mass is 9.73. The van der Waals surface area contributed by atoms with Gasteiger partial charge in [0.2, 0.25) is 0 Å². The minimum Gasteiger partial charge on any atom is -0.312 e. The van der Waals surface area contributed by atoms with Crippen LogP contribution < -0.4 is 10.6 Å². The third-order valence-corrected chi connectivity index (χ3v) is 5.00. The Labute approximate surface area is 101 Å². The standard InChI is InChI=1S/C14H28N2/c1-4-14(8-5-9-14)16-11-12-13(2,3)7-6-10-15-12/h12,15-16H,4-11H2,1-3H3. The second-order valence-corrected chi connectivity index (χ2v) is 6.47. The molecule has 1 aliphatic carbocycles. The van der Waals surface area contributed by atoms with E-state index in [2.05, 4.69) is 31.4 Å². The van der Waals surface area contributed by atoms with Crippen LogP contribution in [0.2, 0.25) is 0 Å². The molecule has 0 amide bonds. The highest BCUT2D eigenvalue weighted by molar-refractivity contribution is 4.98. The molecule has 0 aromatic heterocycles. The van der Waals surface area contributed by atoms with E-state index in [0.717, 1.165) is 6.54 Å². The molecule has 0 radical (unpaired) electrons. The summed E-state index contributed by atoms with van der Waals surface area (Å²) in [6, 6.07) is 0.658. The van der Waals surface area contributed by atoms with Gasteiger partial charge in [0, 0.05) is 18.1 Å². The second kappa shape index (κ2) is 4.66. The van der Waals surface area contributed by atoms with Crippen molar-refractivity contribution < 1.29 is 0 Å². The lowest BCUT2D eigenvalue weighted by molar-refractivity contribution is 0.128. The lowest BCUT2D eigenvalue weighted by Gasteiger charge is -2.46. The molecule has 2 rings (SSSR count). The highest BCUT2D eigenvalue weighted by Gasteiger charge is 2.37. The van der Waals surface area contributed by atoms with Gasteiger partial charge in [-0.05, 0) is 50.5 Å². The molecule has 1 heterocycles. The predicted octanol–water partition coefficient (Wildman–Crippen LogP) is 2.69. The van der Waals surface area contributed by atoms with Gasteiger partial charge in [-0.1, -0.05) is 20.8 Å². The van der Waals surface area contributed by atoms with Crippen molar-refractivity contribution in [1.29, 1.82) is 0 Å². The fraction of sp³-hybridized carbons (Fsp3) is 1.00. The first-order chi connectivity index (χ1) is 7.58. The van der Waals surface area contributed by atoms with Crippen molar-refractivity contribution in [1.82, 2.24) is 10.6 Å². The Morgan fingerprint density at radius 1 is 1.19 bits per heavy atom. The van der Waals surface area contributed by atoms with E-state index in [1.807, 2.05) is 0 Å². The van der Waals surface area contributed by atoms with Gasteiger partial charge in [0.25, 0.3) is 0 Å². The van der Waals surface area contributed by atoms with Crippen LogP contribution in [0, 0.1) is 5.41 Å². The van der Waals surface area contributed by atoms with E-state index in [1.54, 1.807) is 0 Å². The monoisotopic (exact) mass is 224 g/mol. The minimum absolute atomic E-state index is 0.462. The van der Waals surface area contributed by atoms with Gasteiger partial charge in [0.15, 0.2) is 0 Å². The average Bonchev–Trinajstić information content (AvgIpc) is 2.19. The van der Waals surface area contributed by atoms with Gasteiger partial charge in [-0.15, -0.1) is 0 Å². The fourth-order valence-electron chi connectivity index (χ4n) is 3.20. The predicted molar refractivity (Wildman–Crippen MR) is 69.7 cm³/mol. The Hall–Kier alpha value is -0.0800. The fourth-order valence-corrected chi connectivity index (χ4v) is 3.20. The van der Waals surface area contributed by atoms with Crippen molar-refractivity contribution in [2.75, 3.05) is 13.1 Å². The van der Waals surface area contributed by atoms with Crippen molar-refractivity contribution in [3.05, 3.63) is 0 Å². The Kier molecular flexibility index (Phi) is 3.60. The van der Waals surface area contributed by atoms with Crippen LogP contribution in [-0.2, 0) is 0 Å². The second-order valence-electron chi connectivity index (χ2n) is 6.47. The summed E-state index contributed by atoms with van der Waals surface area (Å²) in [4.78, 5) is 0. The Morgan fingerprint density at radius 3 is 2.44 bits per heavy atom. The summed E-state index contributed by atoms with van der Waals surface area (Å²) >= 11 is 0. The topological polar surface area (TPSA) is 24.1 Å². The molecular weight excluding hydrogens is 196 g/mol. The van der Waals surface area contributed by atoms with Crippen molar-refractivity contribution >= 4 is 0 Å². The maximum absolute atomic E-state index is 3.85. The summed E-state index contributed by atoms with van der Waals surface area (Å²) in [5.74, 6) is 0. The van der Waals surface area contributed by atoms with E-state index in [4.69, 9.17) is 0 Å². The number of piperidine rings is 1. The summed E-state index contributed by atoms with van der Waals surface area (Å²) < 4.78 is 0. The Bertz CT molecular complexity index is 225. The van der Waals surface area contributed by atoms with Gasteiger partial charge in [0.05, 0.1) is 0 Å². The third kappa shape index (κ3) is 2.43. The highest BCUT2D eigenvalue weighted by Crippen LogP contribution is 2.36. The molecule has 2 heteroatoms. The van der Waals surface area contributed by atoms with E-state index in [0.29, 0.717) is 17.0 Å². The largest absolute Gasteiger partial charge is 0.312 e. The molecule has 1 unspecified atom stereocenters. The number of rotatable bonds is 4. The van der Waals surface area contributed by atoms with Crippen LogP contribution in [0.25, 0.3) is 0 Å². The van der Waals surface area contributed by atoms with E-state index in [9.17, 15) is 0 Å². The van der Waals surface area contributed by atoms with E-state index < -0.39 is 0 Å². The summed E-state index contributed by atoms with van der Waals surface area (Å²) in [5.41, 5.74) is 0.957. The Balaban J connectivity index is 1.84. The summed E-state index contributed by atoms with van der Waals surface area (Å²) in [6.07, 6.45) is 8.18. The summed E-state index contributed by atoms with van der Waals surface area (Å²) in [5, 5.41) is 7.54. The van der Waals surface area contributed by atoms with Crippen LogP contribution >= 0.6 is 0 Å². The molecule has 94 valence electrons. The van der Waals surface area contributed by atoms with Gasteiger partial charge < -0.3 is 10.6 Å². The van der Waals surface area contributed by atoms with Crippen LogP contribution in [0.5, 0.6) is 0 Å². The van der Waals surface area contributed by atoms with E-state index >= 15 is 0 Å². The Morgan fingerprint density at radius 2 is 1.94 bits per heavy atom. The highest BCUT2D eigenvalue weighted by atomic mass is 15.1. The zero-order chi connectivity index (χ0) is 11.6. The van der Waals surface area contributed by atoms with Crippen molar-refractivity contribution in [2.45, 2.75) is 70.9 Å². The molecule has 2 N–H and O–H groups in total. The molecule has 1 saturated heterocycles. The van der Waals surface area contributed by atoms with Crippen molar-refractivity contribution in [3.8, 4) is 0 Å². The molecule has 1 saturated carbocycles. The number of nitrogens with one attached hydrogen (secondary N) is 2. The molecule has 0 aromatic rings. The van der Waals surface area contributed by atoms with E-state index in [-0.39, 0.29) is 0 Å². The first kappa shape index (κ1) is 12.4. The maximum Gasteiger partial charge on any atom is 0.0243 e. The summed E-state index contributed by atoms with van der Waals surface area (Å²) in [7, 11) is 0. The molecule has 0 aromatic carbocycles. The zero-order valence-corrected chi connectivity index (χ0v) is 11.2. The number of hydrogen-bond acceptors (Lipinski definition) is 2. The molecule has 1 aliphatic heterocycles. The molecule has 2 fully saturated rings. The van der Waals surface area contributed by atoms with Crippen LogP contribution in [0.3, 0.4) is 0 Å². The SMILES string of the molecule is CCC1(NCC2NCCCC2(C)C)CCC1. The van der Waals surface area contributed by atoms with Crippen molar-refractivity contribution in [3.63, 3.8) is 0 Å². The van der Waals surface area contributed by atoms with Crippen LogP contribution in [0.4, 0.5) is 0 Å². The first-order valence-electron chi connectivity index (χ1n) is 7.06. The molecule has 0 bridgehead atoms. The smallest absolute Gasteiger partial charge is 0.0243 e. The maximum atomic E-state index is 3.85.